The number of carbonyl (C=O) groups is 1. The highest BCUT2D eigenvalue weighted by Gasteiger charge is 2.11. The molecular formula is C15H20N4O3. The lowest BCUT2D eigenvalue weighted by atomic mass is 10.2. The van der Waals surface area contributed by atoms with Crippen molar-refractivity contribution in [1.82, 2.24) is 15.3 Å². The van der Waals surface area contributed by atoms with E-state index in [1.807, 2.05) is 13.8 Å². The summed E-state index contributed by atoms with van der Waals surface area (Å²) in [4.78, 5) is 18.9. The predicted octanol–water partition coefficient (Wildman–Crippen LogP) is 2.53. The van der Waals surface area contributed by atoms with E-state index in [2.05, 4.69) is 20.6 Å². The van der Waals surface area contributed by atoms with Crippen LogP contribution in [0.25, 0.3) is 0 Å². The number of rotatable bonds is 6. The second-order valence-electron chi connectivity index (χ2n) is 4.87. The molecule has 1 aromatic heterocycles. The number of urea groups is 1. The molecule has 2 rings (SSSR count). The summed E-state index contributed by atoms with van der Waals surface area (Å²) in [6.45, 7) is 4.15. The van der Waals surface area contributed by atoms with Crippen molar-refractivity contribution in [2.75, 3.05) is 12.4 Å². The van der Waals surface area contributed by atoms with Crippen molar-refractivity contribution < 1.29 is 14.3 Å². The van der Waals surface area contributed by atoms with E-state index in [9.17, 15) is 4.79 Å². The van der Waals surface area contributed by atoms with Gasteiger partial charge in [-0.05, 0) is 26.0 Å². The first-order valence-corrected chi connectivity index (χ1v) is 6.96. The van der Waals surface area contributed by atoms with Gasteiger partial charge in [-0.15, -0.1) is 0 Å². The standard InChI is InChI=1S/C15H20N4O3/c1-10(2)22-13-5-4-11(21-3)8-12(13)19-15(20)18-9-14-16-6-7-17-14/h4-8,10H,9H2,1-3H3,(H,16,17)(H2,18,19,20). The maximum Gasteiger partial charge on any atom is 0.319 e. The molecule has 0 aliphatic heterocycles. The Morgan fingerprint density at radius 1 is 1.41 bits per heavy atom. The first-order chi connectivity index (χ1) is 10.6. The number of benzene rings is 1. The zero-order valence-corrected chi connectivity index (χ0v) is 12.8. The van der Waals surface area contributed by atoms with Crippen molar-refractivity contribution in [1.29, 1.82) is 0 Å². The summed E-state index contributed by atoms with van der Waals surface area (Å²) in [5.74, 6) is 1.90. The number of amides is 2. The van der Waals surface area contributed by atoms with Crippen molar-refractivity contribution >= 4 is 11.7 Å². The zero-order chi connectivity index (χ0) is 15.9. The summed E-state index contributed by atoms with van der Waals surface area (Å²) >= 11 is 0. The normalized spacial score (nSPS) is 10.4. The van der Waals surface area contributed by atoms with Gasteiger partial charge in [-0.25, -0.2) is 9.78 Å². The fourth-order valence-electron chi connectivity index (χ4n) is 1.82. The number of carbonyl (C=O) groups excluding carboxylic acids is 1. The molecule has 0 fully saturated rings. The second-order valence-corrected chi connectivity index (χ2v) is 4.87. The van der Waals surface area contributed by atoms with Gasteiger partial charge in [0.25, 0.3) is 0 Å². The number of nitrogens with zero attached hydrogens (tertiary/aromatic N) is 1. The van der Waals surface area contributed by atoms with Crippen LogP contribution in [0.5, 0.6) is 11.5 Å². The van der Waals surface area contributed by atoms with E-state index in [4.69, 9.17) is 9.47 Å². The summed E-state index contributed by atoms with van der Waals surface area (Å²) in [6.07, 6.45) is 3.33. The fourth-order valence-corrected chi connectivity index (χ4v) is 1.82. The van der Waals surface area contributed by atoms with E-state index in [0.29, 0.717) is 29.6 Å². The van der Waals surface area contributed by atoms with Gasteiger partial charge in [0.2, 0.25) is 0 Å². The zero-order valence-electron chi connectivity index (χ0n) is 12.8. The maximum absolute atomic E-state index is 12.0. The third kappa shape index (κ3) is 4.41. The molecule has 0 bridgehead atoms. The third-order valence-corrected chi connectivity index (χ3v) is 2.77. The largest absolute Gasteiger partial charge is 0.497 e. The van der Waals surface area contributed by atoms with Crippen LogP contribution in [0.15, 0.2) is 30.6 Å². The van der Waals surface area contributed by atoms with Crippen LogP contribution in [0.2, 0.25) is 0 Å². The van der Waals surface area contributed by atoms with Crippen LogP contribution in [0.3, 0.4) is 0 Å². The van der Waals surface area contributed by atoms with E-state index < -0.39 is 0 Å². The van der Waals surface area contributed by atoms with Gasteiger partial charge in [0.1, 0.15) is 17.3 Å². The molecule has 1 aromatic carbocycles. The Balaban J connectivity index is 2.03. The van der Waals surface area contributed by atoms with Gasteiger partial charge in [0, 0.05) is 18.5 Å². The summed E-state index contributed by atoms with van der Waals surface area (Å²) in [6, 6.07) is 4.91. The summed E-state index contributed by atoms with van der Waals surface area (Å²) < 4.78 is 10.9. The minimum atomic E-state index is -0.349. The number of H-pyrrole nitrogens is 1. The van der Waals surface area contributed by atoms with Crippen molar-refractivity contribution in [3.8, 4) is 11.5 Å². The molecule has 0 spiro atoms. The fraction of sp³-hybridized carbons (Fsp3) is 0.333. The Bertz CT molecular complexity index is 611. The van der Waals surface area contributed by atoms with Crippen molar-refractivity contribution in [3.05, 3.63) is 36.4 Å². The number of aromatic amines is 1. The summed E-state index contributed by atoms with van der Waals surface area (Å²) in [7, 11) is 1.57. The van der Waals surface area contributed by atoms with E-state index >= 15 is 0 Å². The second kappa shape index (κ2) is 7.35. The molecule has 118 valence electrons. The number of aromatic nitrogens is 2. The summed E-state index contributed by atoms with van der Waals surface area (Å²) in [5, 5.41) is 5.47. The minimum Gasteiger partial charge on any atom is -0.497 e. The number of imidazole rings is 1. The molecule has 1 heterocycles. The molecule has 2 amide bonds. The number of hydrogen-bond acceptors (Lipinski definition) is 4. The van der Waals surface area contributed by atoms with Crippen LogP contribution in [0, 0.1) is 0 Å². The smallest absolute Gasteiger partial charge is 0.319 e. The summed E-state index contributed by atoms with van der Waals surface area (Å²) in [5.41, 5.74) is 0.546. The quantitative estimate of drug-likeness (QED) is 0.765. The van der Waals surface area contributed by atoms with Crippen LogP contribution < -0.4 is 20.1 Å². The van der Waals surface area contributed by atoms with Gasteiger partial charge in [-0.1, -0.05) is 0 Å². The topological polar surface area (TPSA) is 88.3 Å². The van der Waals surface area contributed by atoms with Crippen LogP contribution >= 0.6 is 0 Å². The average molecular weight is 304 g/mol. The van der Waals surface area contributed by atoms with Gasteiger partial charge >= 0.3 is 6.03 Å². The van der Waals surface area contributed by atoms with Crippen LogP contribution in [-0.2, 0) is 6.54 Å². The Labute approximate surface area is 129 Å². The highest BCUT2D eigenvalue weighted by atomic mass is 16.5. The van der Waals surface area contributed by atoms with Crippen molar-refractivity contribution in [2.24, 2.45) is 0 Å². The molecule has 0 unspecified atom stereocenters. The predicted molar refractivity (Wildman–Crippen MR) is 83.2 cm³/mol. The molecule has 0 saturated heterocycles. The van der Waals surface area contributed by atoms with Crippen LogP contribution in [0.4, 0.5) is 10.5 Å². The number of ether oxygens (including phenoxy) is 2. The molecule has 22 heavy (non-hydrogen) atoms. The van der Waals surface area contributed by atoms with Crippen molar-refractivity contribution in [2.45, 2.75) is 26.5 Å². The number of nitrogens with one attached hydrogen (secondary N) is 3. The number of methoxy groups -OCH3 is 1. The Hall–Kier alpha value is -2.70. The van der Waals surface area contributed by atoms with Crippen LogP contribution in [0.1, 0.15) is 19.7 Å². The molecule has 0 saturated carbocycles. The highest BCUT2D eigenvalue weighted by Crippen LogP contribution is 2.29. The molecule has 0 atom stereocenters. The first-order valence-electron chi connectivity index (χ1n) is 6.96. The number of hydrogen-bond donors (Lipinski definition) is 3. The molecule has 0 radical (unpaired) electrons. The van der Waals surface area contributed by atoms with Crippen LogP contribution in [-0.4, -0.2) is 29.2 Å². The Morgan fingerprint density at radius 2 is 2.23 bits per heavy atom. The molecule has 7 nitrogen and oxygen atoms in total. The van der Waals surface area contributed by atoms with E-state index in [1.54, 1.807) is 37.7 Å². The van der Waals surface area contributed by atoms with Gasteiger partial charge in [0.15, 0.2) is 0 Å². The molecule has 7 heteroatoms. The number of anilines is 1. The Kier molecular flexibility index (Phi) is 5.24. The van der Waals surface area contributed by atoms with Crippen molar-refractivity contribution in [3.63, 3.8) is 0 Å². The van der Waals surface area contributed by atoms with E-state index in [0.717, 1.165) is 0 Å². The third-order valence-electron chi connectivity index (χ3n) is 2.77. The van der Waals surface area contributed by atoms with E-state index in [1.165, 1.54) is 0 Å². The molecule has 0 aliphatic rings. The highest BCUT2D eigenvalue weighted by molar-refractivity contribution is 5.91. The maximum atomic E-state index is 12.0. The minimum absolute atomic E-state index is 0.000116. The Morgan fingerprint density at radius 3 is 2.86 bits per heavy atom. The lowest BCUT2D eigenvalue weighted by Gasteiger charge is -2.16. The molecular weight excluding hydrogens is 284 g/mol. The van der Waals surface area contributed by atoms with Gasteiger partial charge in [-0.3, -0.25) is 0 Å². The van der Waals surface area contributed by atoms with Gasteiger partial charge in [0.05, 0.1) is 25.4 Å². The lowest BCUT2D eigenvalue weighted by Crippen LogP contribution is -2.29. The van der Waals surface area contributed by atoms with E-state index in [-0.39, 0.29) is 12.1 Å². The lowest BCUT2D eigenvalue weighted by molar-refractivity contribution is 0.241. The SMILES string of the molecule is COc1ccc(OC(C)C)c(NC(=O)NCc2ncc[nH]2)c1. The van der Waals surface area contributed by atoms with Gasteiger partial charge in [-0.2, -0.15) is 0 Å². The average Bonchev–Trinajstić information content (AvgIpc) is 3.00. The molecule has 3 N–H and O–H groups in total. The monoisotopic (exact) mass is 304 g/mol. The molecule has 2 aromatic rings. The first kappa shape index (κ1) is 15.7. The van der Waals surface area contributed by atoms with Gasteiger partial charge < -0.3 is 25.1 Å². The molecule has 0 aliphatic carbocycles.